The van der Waals surface area contributed by atoms with E-state index in [-0.39, 0.29) is 6.04 Å². The maximum atomic E-state index is 5.76. The normalized spacial score (nSPS) is 12.2. The minimum Gasteiger partial charge on any atom is -0.473 e. The SMILES string of the molecule is CC(N)c1ccc(OCc2cccc(Br)c2)nc1. The number of nitrogens with zero attached hydrogens (tertiary/aromatic N) is 1. The smallest absolute Gasteiger partial charge is 0.213 e. The first-order valence-electron chi connectivity index (χ1n) is 5.74. The molecular weight excluding hydrogens is 292 g/mol. The molecule has 4 heteroatoms. The van der Waals surface area contributed by atoms with E-state index in [0.29, 0.717) is 12.5 Å². The monoisotopic (exact) mass is 306 g/mol. The molecule has 3 nitrogen and oxygen atoms in total. The van der Waals surface area contributed by atoms with Crippen LogP contribution in [0.4, 0.5) is 0 Å². The summed E-state index contributed by atoms with van der Waals surface area (Å²) < 4.78 is 6.65. The Morgan fingerprint density at radius 2 is 2.17 bits per heavy atom. The molecule has 0 radical (unpaired) electrons. The zero-order chi connectivity index (χ0) is 13.0. The minimum atomic E-state index is -0.00312. The van der Waals surface area contributed by atoms with Gasteiger partial charge in [-0.15, -0.1) is 0 Å². The number of pyridine rings is 1. The number of halogens is 1. The van der Waals surface area contributed by atoms with Crippen LogP contribution in [0.25, 0.3) is 0 Å². The number of hydrogen-bond acceptors (Lipinski definition) is 3. The average Bonchev–Trinajstić information content (AvgIpc) is 2.37. The predicted octanol–water partition coefficient (Wildman–Crippen LogP) is 3.44. The summed E-state index contributed by atoms with van der Waals surface area (Å²) in [7, 11) is 0. The predicted molar refractivity (Wildman–Crippen MR) is 75.3 cm³/mol. The standard InChI is InChI=1S/C14H15BrN2O/c1-10(16)12-5-6-14(17-8-12)18-9-11-3-2-4-13(15)7-11/h2-8,10H,9,16H2,1H3. The summed E-state index contributed by atoms with van der Waals surface area (Å²) >= 11 is 3.43. The van der Waals surface area contributed by atoms with Crippen LogP contribution in [0.5, 0.6) is 5.88 Å². The molecule has 2 rings (SSSR count). The van der Waals surface area contributed by atoms with E-state index in [1.807, 2.05) is 43.3 Å². The first kappa shape index (κ1) is 13.1. The Bertz CT molecular complexity index is 511. The molecule has 2 N–H and O–H groups in total. The van der Waals surface area contributed by atoms with E-state index in [9.17, 15) is 0 Å². The molecule has 0 fully saturated rings. The quantitative estimate of drug-likeness (QED) is 0.941. The Kier molecular flexibility index (Phi) is 4.33. The molecular formula is C14H15BrN2O. The summed E-state index contributed by atoms with van der Waals surface area (Å²) in [5.74, 6) is 0.611. The molecule has 18 heavy (non-hydrogen) atoms. The first-order valence-corrected chi connectivity index (χ1v) is 6.53. The van der Waals surface area contributed by atoms with Crippen LogP contribution >= 0.6 is 15.9 Å². The van der Waals surface area contributed by atoms with Crippen LogP contribution in [-0.2, 0) is 6.61 Å². The molecule has 0 bridgehead atoms. The highest BCUT2D eigenvalue weighted by atomic mass is 79.9. The molecule has 94 valence electrons. The Morgan fingerprint density at radius 3 is 2.78 bits per heavy atom. The topological polar surface area (TPSA) is 48.1 Å². The summed E-state index contributed by atoms with van der Waals surface area (Å²) in [6, 6.07) is 11.8. The van der Waals surface area contributed by atoms with Crippen molar-refractivity contribution in [3.05, 3.63) is 58.2 Å². The molecule has 2 aromatic rings. The van der Waals surface area contributed by atoms with Crippen molar-refractivity contribution in [2.24, 2.45) is 5.73 Å². The Balaban J connectivity index is 1.98. The van der Waals surface area contributed by atoms with Gasteiger partial charge in [-0.2, -0.15) is 0 Å². The van der Waals surface area contributed by atoms with Crippen LogP contribution in [0.2, 0.25) is 0 Å². The highest BCUT2D eigenvalue weighted by molar-refractivity contribution is 9.10. The van der Waals surface area contributed by atoms with Gasteiger partial charge in [-0.1, -0.05) is 34.1 Å². The summed E-state index contributed by atoms with van der Waals surface area (Å²) in [5, 5.41) is 0. The van der Waals surface area contributed by atoms with Crippen LogP contribution in [-0.4, -0.2) is 4.98 Å². The largest absolute Gasteiger partial charge is 0.473 e. The van der Waals surface area contributed by atoms with Gasteiger partial charge in [-0.05, 0) is 30.2 Å². The van der Waals surface area contributed by atoms with E-state index in [2.05, 4.69) is 20.9 Å². The van der Waals surface area contributed by atoms with Crippen LogP contribution in [0, 0.1) is 0 Å². The summed E-state index contributed by atoms with van der Waals surface area (Å²) in [4.78, 5) is 4.22. The van der Waals surface area contributed by atoms with Crippen LogP contribution < -0.4 is 10.5 Å². The van der Waals surface area contributed by atoms with Crippen molar-refractivity contribution >= 4 is 15.9 Å². The number of ether oxygens (including phenoxy) is 1. The third kappa shape index (κ3) is 3.55. The van der Waals surface area contributed by atoms with Crippen LogP contribution in [0.15, 0.2) is 47.1 Å². The highest BCUT2D eigenvalue weighted by Gasteiger charge is 2.01. The molecule has 1 heterocycles. The molecule has 1 unspecified atom stereocenters. The summed E-state index contributed by atoms with van der Waals surface area (Å²) in [6.45, 7) is 2.43. The number of benzene rings is 1. The third-order valence-corrected chi connectivity index (χ3v) is 3.05. The number of hydrogen-bond donors (Lipinski definition) is 1. The lowest BCUT2D eigenvalue weighted by atomic mass is 10.2. The van der Waals surface area contributed by atoms with Crippen molar-refractivity contribution in [2.45, 2.75) is 19.6 Å². The average molecular weight is 307 g/mol. The fourth-order valence-corrected chi connectivity index (χ4v) is 1.98. The van der Waals surface area contributed by atoms with Crippen molar-refractivity contribution in [2.75, 3.05) is 0 Å². The van der Waals surface area contributed by atoms with Gasteiger partial charge in [0, 0.05) is 22.8 Å². The van der Waals surface area contributed by atoms with Crippen LogP contribution in [0.3, 0.4) is 0 Å². The molecule has 0 aliphatic carbocycles. The van der Waals surface area contributed by atoms with Gasteiger partial charge in [0.25, 0.3) is 0 Å². The minimum absolute atomic E-state index is 0.00312. The second-order valence-electron chi connectivity index (χ2n) is 4.14. The molecule has 1 aromatic carbocycles. The molecule has 0 aliphatic rings. The number of nitrogens with two attached hydrogens (primary N) is 1. The molecule has 0 amide bonds. The molecule has 0 aliphatic heterocycles. The van der Waals surface area contributed by atoms with E-state index >= 15 is 0 Å². The Hall–Kier alpha value is -1.39. The van der Waals surface area contributed by atoms with Gasteiger partial charge in [0.1, 0.15) is 6.61 Å². The zero-order valence-corrected chi connectivity index (χ0v) is 11.7. The number of aromatic nitrogens is 1. The van der Waals surface area contributed by atoms with Crippen LogP contribution in [0.1, 0.15) is 24.1 Å². The van der Waals surface area contributed by atoms with Crippen molar-refractivity contribution in [1.82, 2.24) is 4.98 Å². The summed E-state index contributed by atoms with van der Waals surface area (Å²) in [6.07, 6.45) is 1.75. The van der Waals surface area contributed by atoms with Gasteiger partial charge in [0.15, 0.2) is 0 Å². The van der Waals surface area contributed by atoms with E-state index in [4.69, 9.17) is 10.5 Å². The van der Waals surface area contributed by atoms with Gasteiger partial charge >= 0.3 is 0 Å². The maximum Gasteiger partial charge on any atom is 0.213 e. The van der Waals surface area contributed by atoms with Gasteiger partial charge in [-0.3, -0.25) is 0 Å². The molecule has 1 atom stereocenters. The van der Waals surface area contributed by atoms with Gasteiger partial charge in [0.05, 0.1) is 0 Å². The first-order chi connectivity index (χ1) is 8.65. The van der Waals surface area contributed by atoms with Crippen molar-refractivity contribution in [3.8, 4) is 5.88 Å². The van der Waals surface area contributed by atoms with Gasteiger partial charge in [-0.25, -0.2) is 4.98 Å². The fraction of sp³-hybridized carbons (Fsp3) is 0.214. The van der Waals surface area contributed by atoms with Crippen molar-refractivity contribution in [1.29, 1.82) is 0 Å². The number of rotatable bonds is 4. The van der Waals surface area contributed by atoms with E-state index in [1.165, 1.54) is 0 Å². The fourth-order valence-electron chi connectivity index (χ4n) is 1.53. The second kappa shape index (κ2) is 5.98. The molecule has 0 saturated carbocycles. The van der Waals surface area contributed by atoms with Gasteiger partial charge < -0.3 is 10.5 Å². The lowest BCUT2D eigenvalue weighted by Crippen LogP contribution is -2.05. The second-order valence-corrected chi connectivity index (χ2v) is 5.05. The lowest BCUT2D eigenvalue weighted by Gasteiger charge is -2.08. The molecule has 0 spiro atoms. The van der Waals surface area contributed by atoms with E-state index in [1.54, 1.807) is 6.20 Å². The third-order valence-electron chi connectivity index (χ3n) is 2.56. The van der Waals surface area contributed by atoms with Crippen molar-refractivity contribution in [3.63, 3.8) is 0 Å². The maximum absolute atomic E-state index is 5.76. The molecule has 1 aromatic heterocycles. The van der Waals surface area contributed by atoms with E-state index < -0.39 is 0 Å². The highest BCUT2D eigenvalue weighted by Crippen LogP contribution is 2.16. The van der Waals surface area contributed by atoms with Gasteiger partial charge in [0.2, 0.25) is 5.88 Å². The zero-order valence-electron chi connectivity index (χ0n) is 10.1. The lowest BCUT2D eigenvalue weighted by molar-refractivity contribution is 0.293. The Labute approximate surface area is 115 Å². The van der Waals surface area contributed by atoms with E-state index in [0.717, 1.165) is 15.6 Å². The molecule has 0 saturated heterocycles. The Morgan fingerprint density at radius 1 is 1.33 bits per heavy atom. The van der Waals surface area contributed by atoms with Crippen molar-refractivity contribution < 1.29 is 4.74 Å². The summed E-state index contributed by atoms with van der Waals surface area (Å²) in [5.41, 5.74) is 7.86.